The maximum Gasteiger partial charge on any atom is 0.307 e. The van der Waals surface area contributed by atoms with Crippen LogP contribution in [0.15, 0.2) is 24.3 Å². The van der Waals surface area contributed by atoms with Crippen molar-refractivity contribution in [3.8, 4) is 0 Å². The summed E-state index contributed by atoms with van der Waals surface area (Å²) in [5.74, 6) is -0.0682. The maximum atomic E-state index is 11.4. The molecule has 0 radical (unpaired) electrons. The zero-order chi connectivity index (χ0) is 19.3. The minimum absolute atomic E-state index is 0.0682. The number of esters is 1. The molecular formula is C23H43NO2. The molecule has 0 rings (SSSR count). The number of carbonyl (C=O) groups is 1. The summed E-state index contributed by atoms with van der Waals surface area (Å²) < 4.78 is 5.23. The second-order valence-electron chi connectivity index (χ2n) is 7.36. The van der Waals surface area contributed by atoms with Crippen molar-refractivity contribution in [3.63, 3.8) is 0 Å². The number of ether oxygens (including phenoxy) is 1. The Balaban J connectivity index is 3.24. The van der Waals surface area contributed by atoms with Gasteiger partial charge in [0.1, 0.15) is 0 Å². The van der Waals surface area contributed by atoms with E-state index in [1.807, 2.05) is 19.0 Å². The summed E-state index contributed by atoms with van der Waals surface area (Å²) in [6.45, 7) is 3.60. The molecule has 26 heavy (non-hydrogen) atoms. The van der Waals surface area contributed by atoms with Crippen LogP contribution in [0.5, 0.6) is 0 Å². The van der Waals surface area contributed by atoms with Crippen LogP contribution in [0, 0.1) is 0 Å². The highest BCUT2D eigenvalue weighted by Gasteiger charge is 2.02. The van der Waals surface area contributed by atoms with E-state index >= 15 is 0 Å². The molecule has 0 saturated carbocycles. The second-order valence-corrected chi connectivity index (χ2v) is 7.36. The fourth-order valence-electron chi connectivity index (χ4n) is 2.66. The fourth-order valence-corrected chi connectivity index (χ4v) is 2.66. The van der Waals surface area contributed by atoms with Gasteiger partial charge < -0.3 is 9.64 Å². The van der Waals surface area contributed by atoms with Crippen molar-refractivity contribution in [2.45, 2.75) is 90.4 Å². The Morgan fingerprint density at radius 2 is 1.38 bits per heavy atom. The third kappa shape index (κ3) is 21.0. The van der Waals surface area contributed by atoms with Gasteiger partial charge in [0.15, 0.2) is 0 Å². The molecular weight excluding hydrogens is 322 g/mol. The standard InChI is InChI=1S/C23H43NO2/c1-4-5-6-7-8-9-10-11-12-13-14-15-16-17-18-19-22-26-23(25)20-21-24(2)3/h8-9,11-12H,4-7,10,13-22H2,1-3H3/b9-8-,12-11-. The summed E-state index contributed by atoms with van der Waals surface area (Å²) in [5, 5.41) is 0. The summed E-state index contributed by atoms with van der Waals surface area (Å²) in [5.41, 5.74) is 0. The number of hydrogen-bond donors (Lipinski definition) is 0. The van der Waals surface area contributed by atoms with Crippen molar-refractivity contribution in [1.29, 1.82) is 0 Å². The average Bonchev–Trinajstić information content (AvgIpc) is 2.62. The van der Waals surface area contributed by atoms with Gasteiger partial charge in [0.05, 0.1) is 13.0 Å². The third-order valence-corrected chi connectivity index (χ3v) is 4.37. The predicted molar refractivity (Wildman–Crippen MR) is 113 cm³/mol. The highest BCUT2D eigenvalue weighted by atomic mass is 16.5. The van der Waals surface area contributed by atoms with Crippen molar-refractivity contribution >= 4 is 5.97 Å². The number of nitrogens with zero attached hydrogens (tertiary/aromatic N) is 1. The van der Waals surface area contributed by atoms with Crippen LogP contribution >= 0.6 is 0 Å². The predicted octanol–water partition coefficient (Wildman–Crippen LogP) is 6.29. The van der Waals surface area contributed by atoms with E-state index in [1.165, 1.54) is 64.2 Å². The first kappa shape index (κ1) is 24.9. The summed E-state index contributed by atoms with van der Waals surface area (Å²) in [7, 11) is 3.94. The van der Waals surface area contributed by atoms with Gasteiger partial charge in [-0.1, -0.05) is 69.8 Å². The van der Waals surface area contributed by atoms with E-state index in [0.29, 0.717) is 13.0 Å². The van der Waals surface area contributed by atoms with E-state index in [9.17, 15) is 4.79 Å². The summed E-state index contributed by atoms with van der Waals surface area (Å²) in [4.78, 5) is 13.5. The number of hydrogen-bond acceptors (Lipinski definition) is 3. The van der Waals surface area contributed by atoms with Crippen LogP contribution in [0.1, 0.15) is 90.4 Å². The largest absolute Gasteiger partial charge is 0.466 e. The second kappa shape index (κ2) is 20.2. The molecule has 3 nitrogen and oxygen atoms in total. The molecule has 0 N–H and O–H groups in total. The molecule has 0 aromatic heterocycles. The smallest absolute Gasteiger partial charge is 0.307 e. The summed E-state index contributed by atoms with van der Waals surface area (Å²) >= 11 is 0. The Hall–Kier alpha value is -1.09. The van der Waals surface area contributed by atoms with Gasteiger partial charge >= 0.3 is 5.97 Å². The Bertz CT molecular complexity index is 361. The van der Waals surface area contributed by atoms with Crippen LogP contribution < -0.4 is 0 Å². The van der Waals surface area contributed by atoms with Gasteiger partial charge in [-0.25, -0.2) is 0 Å². The highest BCUT2D eigenvalue weighted by molar-refractivity contribution is 5.69. The van der Waals surface area contributed by atoms with E-state index in [0.717, 1.165) is 19.4 Å². The molecule has 0 aliphatic heterocycles. The molecule has 0 saturated heterocycles. The summed E-state index contributed by atoms with van der Waals surface area (Å²) in [6, 6.07) is 0. The van der Waals surface area contributed by atoms with E-state index in [1.54, 1.807) is 0 Å². The van der Waals surface area contributed by atoms with Crippen LogP contribution in [0.25, 0.3) is 0 Å². The Morgan fingerprint density at radius 3 is 2.00 bits per heavy atom. The van der Waals surface area contributed by atoms with Crippen LogP contribution in [0.2, 0.25) is 0 Å². The zero-order valence-electron chi connectivity index (χ0n) is 17.7. The van der Waals surface area contributed by atoms with Crippen molar-refractivity contribution < 1.29 is 9.53 Å². The van der Waals surface area contributed by atoms with Gasteiger partial charge in [-0.2, -0.15) is 0 Å². The van der Waals surface area contributed by atoms with Crippen LogP contribution in [-0.2, 0) is 9.53 Å². The Kier molecular flexibility index (Phi) is 19.4. The molecule has 0 atom stereocenters. The summed E-state index contributed by atoms with van der Waals surface area (Å²) in [6.07, 6.45) is 24.5. The maximum absolute atomic E-state index is 11.4. The van der Waals surface area contributed by atoms with Gasteiger partial charge in [0.2, 0.25) is 0 Å². The van der Waals surface area contributed by atoms with E-state index in [4.69, 9.17) is 4.74 Å². The molecule has 0 bridgehead atoms. The molecule has 0 spiro atoms. The van der Waals surface area contributed by atoms with Gasteiger partial charge in [-0.05, 0) is 52.6 Å². The minimum atomic E-state index is -0.0682. The van der Waals surface area contributed by atoms with Crippen LogP contribution in [0.4, 0.5) is 0 Å². The lowest BCUT2D eigenvalue weighted by atomic mass is 10.1. The van der Waals surface area contributed by atoms with E-state index in [-0.39, 0.29) is 5.97 Å². The van der Waals surface area contributed by atoms with Gasteiger partial charge in [-0.15, -0.1) is 0 Å². The van der Waals surface area contributed by atoms with Crippen molar-refractivity contribution in [3.05, 3.63) is 24.3 Å². The van der Waals surface area contributed by atoms with E-state index in [2.05, 4.69) is 31.2 Å². The van der Waals surface area contributed by atoms with Crippen LogP contribution in [0.3, 0.4) is 0 Å². The molecule has 0 aromatic rings. The van der Waals surface area contributed by atoms with Gasteiger partial charge in [0.25, 0.3) is 0 Å². The van der Waals surface area contributed by atoms with Crippen molar-refractivity contribution in [2.75, 3.05) is 27.2 Å². The molecule has 0 aliphatic rings. The first-order chi connectivity index (χ1) is 12.7. The molecule has 0 unspecified atom stereocenters. The normalized spacial score (nSPS) is 11.8. The molecule has 0 fully saturated rings. The third-order valence-electron chi connectivity index (χ3n) is 4.37. The first-order valence-electron chi connectivity index (χ1n) is 10.8. The Labute approximate surface area is 162 Å². The van der Waals surface area contributed by atoms with Crippen molar-refractivity contribution in [1.82, 2.24) is 4.90 Å². The highest BCUT2D eigenvalue weighted by Crippen LogP contribution is 2.08. The van der Waals surface area contributed by atoms with E-state index < -0.39 is 0 Å². The van der Waals surface area contributed by atoms with Gasteiger partial charge in [0, 0.05) is 6.54 Å². The van der Waals surface area contributed by atoms with Crippen molar-refractivity contribution in [2.24, 2.45) is 0 Å². The molecule has 0 aliphatic carbocycles. The first-order valence-corrected chi connectivity index (χ1v) is 10.8. The zero-order valence-corrected chi connectivity index (χ0v) is 17.7. The monoisotopic (exact) mass is 365 g/mol. The molecule has 0 aromatic carbocycles. The molecule has 0 heterocycles. The minimum Gasteiger partial charge on any atom is -0.466 e. The number of allylic oxidation sites excluding steroid dienone is 4. The number of carbonyl (C=O) groups excluding carboxylic acids is 1. The van der Waals surface area contributed by atoms with Crippen LogP contribution in [-0.4, -0.2) is 38.1 Å². The fraction of sp³-hybridized carbons (Fsp3) is 0.783. The topological polar surface area (TPSA) is 29.5 Å². The van der Waals surface area contributed by atoms with Gasteiger partial charge in [-0.3, -0.25) is 4.79 Å². The molecule has 152 valence electrons. The number of unbranched alkanes of at least 4 members (excludes halogenated alkanes) is 9. The lowest BCUT2D eigenvalue weighted by molar-refractivity contribution is -0.144. The quantitative estimate of drug-likeness (QED) is 0.162. The molecule has 3 heteroatoms. The average molecular weight is 366 g/mol. The molecule has 0 amide bonds. The SMILES string of the molecule is CCCCC/C=C\C/C=C\CCCCCCCCOC(=O)CCN(C)C. The Morgan fingerprint density at radius 1 is 0.808 bits per heavy atom. The lowest BCUT2D eigenvalue weighted by Crippen LogP contribution is -2.18. The lowest BCUT2D eigenvalue weighted by Gasteiger charge is -2.09. The number of rotatable bonds is 18.